The van der Waals surface area contributed by atoms with Crippen LogP contribution in [-0.2, 0) is 22.6 Å². The Morgan fingerprint density at radius 3 is 2.19 bits per heavy atom. The number of carbonyl (C=O) groups excluding carboxylic acids is 3. The van der Waals surface area contributed by atoms with E-state index in [1.165, 1.54) is 42.5 Å². The summed E-state index contributed by atoms with van der Waals surface area (Å²) in [5.41, 5.74) is 2.09. The van der Waals surface area contributed by atoms with Gasteiger partial charge in [-0.1, -0.05) is 24.3 Å². The maximum atomic E-state index is 13.2. The molecule has 0 atom stereocenters. The molecule has 0 spiro atoms. The molecule has 0 aliphatic rings. The van der Waals surface area contributed by atoms with E-state index in [1.807, 2.05) is 0 Å². The molecule has 0 aromatic heterocycles. The van der Waals surface area contributed by atoms with Gasteiger partial charge < -0.3 is 16.0 Å². The van der Waals surface area contributed by atoms with E-state index in [-0.39, 0.29) is 25.4 Å². The Labute approximate surface area is 183 Å². The first-order valence-electron chi connectivity index (χ1n) is 9.83. The molecule has 0 saturated carbocycles. The molecular formula is C24H21F2N3O3. The molecular weight excluding hydrogens is 416 g/mol. The lowest BCUT2D eigenvalue weighted by molar-refractivity contribution is -0.125. The van der Waals surface area contributed by atoms with Gasteiger partial charge in [0.2, 0.25) is 11.8 Å². The van der Waals surface area contributed by atoms with Gasteiger partial charge >= 0.3 is 0 Å². The minimum Gasteiger partial charge on any atom is -0.350 e. The van der Waals surface area contributed by atoms with Gasteiger partial charge in [-0.2, -0.15) is 0 Å². The average Bonchev–Trinajstić information content (AvgIpc) is 2.77. The maximum absolute atomic E-state index is 13.2. The third-order valence-electron chi connectivity index (χ3n) is 4.48. The van der Waals surface area contributed by atoms with Crippen LogP contribution in [0.3, 0.4) is 0 Å². The summed E-state index contributed by atoms with van der Waals surface area (Å²) >= 11 is 0. The van der Waals surface area contributed by atoms with E-state index in [1.54, 1.807) is 30.3 Å². The Morgan fingerprint density at radius 1 is 0.719 bits per heavy atom. The topological polar surface area (TPSA) is 87.3 Å². The van der Waals surface area contributed by atoms with Crippen molar-refractivity contribution in [2.75, 3.05) is 11.9 Å². The number of anilines is 1. The zero-order chi connectivity index (χ0) is 22.9. The lowest BCUT2D eigenvalue weighted by Gasteiger charge is -2.10. The summed E-state index contributed by atoms with van der Waals surface area (Å²) in [5.74, 6) is -2.02. The summed E-state index contributed by atoms with van der Waals surface area (Å²) in [6.45, 7) is -0.0198. The fourth-order valence-electron chi connectivity index (χ4n) is 2.90. The summed E-state index contributed by atoms with van der Waals surface area (Å²) in [4.78, 5) is 36.2. The summed E-state index contributed by atoms with van der Waals surface area (Å²) in [5, 5.41) is 7.88. The van der Waals surface area contributed by atoms with Crippen molar-refractivity contribution in [2.45, 2.75) is 13.0 Å². The molecule has 0 aliphatic carbocycles. The van der Waals surface area contributed by atoms with E-state index >= 15 is 0 Å². The number of halogens is 2. The van der Waals surface area contributed by atoms with Crippen molar-refractivity contribution < 1.29 is 23.2 Å². The van der Waals surface area contributed by atoms with Crippen molar-refractivity contribution in [3.8, 4) is 0 Å². The molecule has 3 rings (SSSR count). The van der Waals surface area contributed by atoms with Crippen LogP contribution in [0.4, 0.5) is 14.5 Å². The van der Waals surface area contributed by atoms with Gasteiger partial charge in [-0.3, -0.25) is 14.4 Å². The van der Waals surface area contributed by atoms with Crippen LogP contribution in [-0.4, -0.2) is 24.3 Å². The van der Waals surface area contributed by atoms with Gasteiger partial charge in [0.15, 0.2) is 0 Å². The zero-order valence-electron chi connectivity index (χ0n) is 17.0. The fraction of sp³-hybridized carbons (Fsp3) is 0.125. The van der Waals surface area contributed by atoms with Crippen LogP contribution < -0.4 is 16.0 Å². The third kappa shape index (κ3) is 7.02. The molecule has 3 N–H and O–H groups in total. The Morgan fingerprint density at radius 2 is 1.44 bits per heavy atom. The first kappa shape index (κ1) is 22.6. The number of nitrogens with one attached hydrogen (secondary N) is 3. The van der Waals surface area contributed by atoms with Crippen LogP contribution in [0.5, 0.6) is 0 Å². The first-order valence-corrected chi connectivity index (χ1v) is 9.83. The molecule has 164 valence electrons. The maximum Gasteiger partial charge on any atom is 0.255 e. The van der Waals surface area contributed by atoms with Crippen LogP contribution in [0.1, 0.15) is 21.5 Å². The average molecular weight is 437 g/mol. The summed E-state index contributed by atoms with van der Waals surface area (Å²) in [6.07, 6.45) is -0.0269. The molecule has 8 heteroatoms. The summed E-state index contributed by atoms with van der Waals surface area (Å²) in [7, 11) is 0. The van der Waals surface area contributed by atoms with E-state index in [4.69, 9.17) is 0 Å². The smallest absolute Gasteiger partial charge is 0.255 e. The normalized spacial score (nSPS) is 10.3. The summed E-state index contributed by atoms with van der Waals surface area (Å²) < 4.78 is 26.1. The number of hydrogen-bond acceptors (Lipinski definition) is 3. The van der Waals surface area contributed by atoms with E-state index in [2.05, 4.69) is 16.0 Å². The predicted molar refractivity (Wildman–Crippen MR) is 116 cm³/mol. The molecule has 32 heavy (non-hydrogen) atoms. The number of benzene rings is 3. The van der Waals surface area contributed by atoms with E-state index < -0.39 is 23.4 Å². The second kappa shape index (κ2) is 10.8. The zero-order valence-corrected chi connectivity index (χ0v) is 17.0. The minimum atomic E-state index is -0.427. The molecule has 3 aromatic carbocycles. The van der Waals surface area contributed by atoms with Crippen molar-refractivity contribution in [1.82, 2.24) is 10.6 Å². The van der Waals surface area contributed by atoms with Gasteiger partial charge in [-0.25, -0.2) is 8.78 Å². The minimum absolute atomic E-state index is 0.0269. The highest BCUT2D eigenvalue weighted by molar-refractivity contribution is 6.04. The van der Waals surface area contributed by atoms with Gasteiger partial charge in [-0.05, 0) is 59.7 Å². The molecule has 3 aromatic rings. The molecule has 0 unspecified atom stereocenters. The van der Waals surface area contributed by atoms with Gasteiger partial charge in [-0.15, -0.1) is 0 Å². The van der Waals surface area contributed by atoms with Crippen molar-refractivity contribution in [3.63, 3.8) is 0 Å². The monoisotopic (exact) mass is 437 g/mol. The predicted octanol–water partition coefficient (Wildman–Crippen LogP) is 3.19. The number of hydrogen-bond donors (Lipinski definition) is 3. The Kier molecular flexibility index (Phi) is 7.64. The second-order valence-electron chi connectivity index (χ2n) is 7.02. The van der Waals surface area contributed by atoms with E-state index in [0.717, 1.165) is 5.56 Å². The highest BCUT2D eigenvalue weighted by atomic mass is 19.1. The Bertz CT molecular complexity index is 1120. The van der Waals surface area contributed by atoms with Crippen molar-refractivity contribution in [3.05, 3.63) is 101 Å². The molecule has 6 nitrogen and oxygen atoms in total. The SMILES string of the molecule is O=C(CNC(=O)Cc1cccc(F)c1)NCc1cccc(NC(=O)c2ccc(F)cc2)c1. The van der Waals surface area contributed by atoms with Gasteiger partial charge in [0, 0.05) is 17.8 Å². The first-order chi connectivity index (χ1) is 15.4. The molecule has 3 amide bonds. The third-order valence-corrected chi connectivity index (χ3v) is 4.48. The molecule has 0 bridgehead atoms. The highest BCUT2D eigenvalue weighted by Gasteiger charge is 2.09. The Balaban J connectivity index is 1.45. The number of amides is 3. The van der Waals surface area contributed by atoms with Gasteiger partial charge in [0.25, 0.3) is 5.91 Å². The van der Waals surface area contributed by atoms with Crippen molar-refractivity contribution in [1.29, 1.82) is 0 Å². The number of rotatable bonds is 8. The van der Waals surface area contributed by atoms with Crippen LogP contribution in [0, 0.1) is 11.6 Å². The molecule has 0 heterocycles. The molecule has 0 aliphatic heterocycles. The standard InChI is InChI=1S/C24H21F2N3O3/c25-19-9-7-18(8-10-19)24(32)29-21-6-2-4-17(12-21)14-27-23(31)15-28-22(30)13-16-3-1-5-20(26)11-16/h1-12H,13-15H2,(H,27,31)(H,28,30)(H,29,32). The molecule has 0 fully saturated rings. The molecule has 0 saturated heterocycles. The van der Waals surface area contributed by atoms with Gasteiger partial charge in [0.1, 0.15) is 11.6 Å². The fourth-order valence-corrected chi connectivity index (χ4v) is 2.90. The van der Waals surface area contributed by atoms with Crippen LogP contribution in [0.2, 0.25) is 0 Å². The molecule has 0 radical (unpaired) electrons. The number of carbonyl (C=O) groups is 3. The van der Waals surface area contributed by atoms with Gasteiger partial charge in [0.05, 0.1) is 13.0 Å². The quantitative estimate of drug-likeness (QED) is 0.506. The van der Waals surface area contributed by atoms with Crippen LogP contribution in [0.25, 0.3) is 0 Å². The highest BCUT2D eigenvalue weighted by Crippen LogP contribution is 2.13. The van der Waals surface area contributed by atoms with E-state index in [9.17, 15) is 23.2 Å². The lowest BCUT2D eigenvalue weighted by Crippen LogP contribution is -2.37. The lowest BCUT2D eigenvalue weighted by atomic mass is 10.1. The Hall–Kier alpha value is -4.07. The van der Waals surface area contributed by atoms with E-state index in [0.29, 0.717) is 16.8 Å². The van der Waals surface area contributed by atoms with Crippen LogP contribution in [0.15, 0.2) is 72.8 Å². The van der Waals surface area contributed by atoms with Crippen LogP contribution >= 0.6 is 0 Å². The van der Waals surface area contributed by atoms with Crippen molar-refractivity contribution in [2.24, 2.45) is 0 Å². The summed E-state index contributed by atoms with van der Waals surface area (Å²) in [6, 6.07) is 17.8. The largest absolute Gasteiger partial charge is 0.350 e. The van der Waals surface area contributed by atoms with Crippen molar-refractivity contribution >= 4 is 23.4 Å². The second-order valence-corrected chi connectivity index (χ2v) is 7.02.